The number of piperazine rings is 1. The summed E-state index contributed by atoms with van der Waals surface area (Å²) in [6, 6.07) is 0.0323. The molecule has 0 radical (unpaired) electrons. The van der Waals surface area contributed by atoms with Gasteiger partial charge in [-0.3, -0.25) is 14.5 Å². The Labute approximate surface area is 141 Å². The Morgan fingerprint density at radius 2 is 2.21 bits per heavy atom. The summed E-state index contributed by atoms with van der Waals surface area (Å²) in [4.78, 5) is 35.7. The third-order valence-corrected chi connectivity index (χ3v) is 4.89. The van der Waals surface area contributed by atoms with Crippen LogP contribution < -0.4 is 5.32 Å². The third kappa shape index (κ3) is 3.44. The van der Waals surface area contributed by atoms with Crippen LogP contribution in [0.15, 0.2) is 0 Å². The number of nitrogens with zero attached hydrogens (tertiary/aromatic N) is 3. The fraction of sp³-hybridized carbons (Fsp3) is 0.688. The molecular weight excluding hydrogens is 310 g/mol. The van der Waals surface area contributed by atoms with Gasteiger partial charge in [0.15, 0.2) is 0 Å². The molecule has 0 bridgehead atoms. The molecule has 0 unspecified atom stereocenters. The molecule has 8 nitrogen and oxygen atoms in total. The van der Waals surface area contributed by atoms with Crippen LogP contribution in [-0.2, 0) is 14.3 Å². The molecule has 132 valence electrons. The van der Waals surface area contributed by atoms with Crippen molar-refractivity contribution >= 4 is 11.8 Å². The maximum Gasteiger partial charge on any atom is 0.239 e. The van der Waals surface area contributed by atoms with Gasteiger partial charge in [-0.05, 0) is 20.3 Å². The van der Waals surface area contributed by atoms with Crippen molar-refractivity contribution in [2.75, 3.05) is 39.8 Å². The first-order valence-electron chi connectivity index (χ1n) is 8.32. The van der Waals surface area contributed by atoms with E-state index in [0.717, 1.165) is 23.6 Å². The van der Waals surface area contributed by atoms with Gasteiger partial charge in [0.25, 0.3) is 0 Å². The van der Waals surface area contributed by atoms with Crippen LogP contribution in [0.5, 0.6) is 0 Å². The topological polar surface area (TPSA) is 90.6 Å². The summed E-state index contributed by atoms with van der Waals surface area (Å²) < 4.78 is 5.50. The maximum absolute atomic E-state index is 12.6. The van der Waals surface area contributed by atoms with E-state index in [9.17, 15) is 9.59 Å². The van der Waals surface area contributed by atoms with Gasteiger partial charge in [0.2, 0.25) is 11.8 Å². The number of aromatic nitrogens is 2. The highest BCUT2D eigenvalue weighted by atomic mass is 16.5. The number of nitrogens with one attached hydrogen (secondary N) is 2. The minimum Gasteiger partial charge on any atom is -0.380 e. The Morgan fingerprint density at radius 1 is 1.42 bits per heavy atom. The zero-order chi connectivity index (χ0) is 17.3. The Balaban J connectivity index is 1.71. The monoisotopic (exact) mass is 335 g/mol. The van der Waals surface area contributed by atoms with E-state index < -0.39 is 0 Å². The number of H-pyrrole nitrogens is 1. The average Bonchev–Trinajstić information content (AvgIpc) is 3.11. The molecule has 0 aliphatic carbocycles. The fourth-order valence-corrected chi connectivity index (χ4v) is 3.35. The van der Waals surface area contributed by atoms with Crippen LogP contribution in [-0.4, -0.2) is 77.5 Å². The van der Waals surface area contributed by atoms with Gasteiger partial charge in [0, 0.05) is 32.4 Å². The Bertz CT molecular complexity index is 610. The first kappa shape index (κ1) is 16.9. The standard InChI is InChI=1S/C16H25N5O3/c1-10-11(2)19-16(18-10)13-6-12(24-3)7-21(13)9-15(23)20-5-4-17-14(22)8-20/h12-13H,4-9H2,1-3H3,(H,17,22)(H,18,19)/t12-,13+/m1/s1. The molecule has 3 rings (SSSR count). The van der Waals surface area contributed by atoms with Crippen LogP contribution in [0.2, 0.25) is 0 Å². The van der Waals surface area contributed by atoms with Gasteiger partial charge in [0.1, 0.15) is 5.82 Å². The number of amides is 2. The zero-order valence-electron chi connectivity index (χ0n) is 14.5. The number of carbonyl (C=O) groups is 2. The maximum atomic E-state index is 12.6. The fourth-order valence-electron chi connectivity index (χ4n) is 3.35. The summed E-state index contributed by atoms with van der Waals surface area (Å²) in [5.41, 5.74) is 2.02. The van der Waals surface area contributed by atoms with E-state index >= 15 is 0 Å². The number of aryl methyl sites for hydroxylation is 2. The Hall–Kier alpha value is -1.93. The lowest BCUT2D eigenvalue weighted by Gasteiger charge is -2.30. The number of imidazole rings is 1. The number of hydrogen-bond donors (Lipinski definition) is 2. The molecule has 2 N–H and O–H groups in total. The van der Waals surface area contributed by atoms with E-state index in [1.165, 1.54) is 0 Å². The lowest BCUT2D eigenvalue weighted by Crippen LogP contribution is -2.52. The molecule has 0 spiro atoms. The van der Waals surface area contributed by atoms with Crippen LogP contribution in [0.25, 0.3) is 0 Å². The molecule has 3 heterocycles. The van der Waals surface area contributed by atoms with Crippen molar-refractivity contribution in [1.82, 2.24) is 25.1 Å². The van der Waals surface area contributed by atoms with Crippen molar-refractivity contribution in [2.45, 2.75) is 32.4 Å². The molecule has 2 aliphatic rings. The average molecular weight is 335 g/mol. The number of aromatic amines is 1. The van der Waals surface area contributed by atoms with E-state index in [0.29, 0.717) is 19.6 Å². The summed E-state index contributed by atoms with van der Waals surface area (Å²) in [5.74, 6) is 0.764. The smallest absolute Gasteiger partial charge is 0.239 e. The molecular formula is C16H25N5O3. The van der Waals surface area contributed by atoms with Crippen molar-refractivity contribution in [1.29, 1.82) is 0 Å². The molecule has 2 saturated heterocycles. The highest BCUT2D eigenvalue weighted by Gasteiger charge is 2.37. The second-order valence-corrected chi connectivity index (χ2v) is 6.54. The lowest BCUT2D eigenvalue weighted by atomic mass is 10.2. The molecule has 2 fully saturated rings. The van der Waals surface area contributed by atoms with E-state index in [2.05, 4.69) is 20.2 Å². The number of hydrogen-bond acceptors (Lipinski definition) is 5. The highest BCUT2D eigenvalue weighted by Crippen LogP contribution is 2.32. The van der Waals surface area contributed by atoms with E-state index in [1.54, 1.807) is 12.0 Å². The lowest BCUT2D eigenvalue weighted by molar-refractivity contribution is -0.139. The van der Waals surface area contributed by atoms with Gasteiger partial charge < -0.3 is 19.9 Å². The predicted molar refractivity (Wildman–Crippen MR) is 87.4 cm³/mol. The van der Waals surface area contributed by atoms with Crippen LogP contribution >= 0.6 is 0 Å². The van der Waals surface area contributed by atoms with Gasteiger partial charge in [-0.15, -0.1) is 0 Å². The van der Waals surface area contributed by atoms with E-state index in [-0.39, 0.29) is 37.0 Å². The highest BCUT2D eigenvalue weighted by molar-refractivity contribution is 5.86. The van der Waals surface area contributed by atoms with Crippen LogP contribution in [0.1, 0.15) is 29.7 Å². The molecule has 2 atom stereocenters. The SMILES string of the molecule is CO[C@@H]1C[C@@H](c2nc(C)c(C)[nH]2)N(CC(=O)N2CCNC(=O)C2)C1. The van der Waals surface area contributed by atoms with Gasteiger partial charge in [-0.25, -0.2) is 4.98 Å². The third-order valence-electron chi connectivity index (χ3n) is 4.89. The van der Waals surface area contributed by atoms with Crippen LogP contribution in [0, 0.1) is 13.8 Å². The molecule has 0 saturated carbocycles. The summed E-state index contributed by atoms with van der Waals surface area (Å²) in [6.45, 7) is 6.16. The quantitative estimate of drug-likeness (QED) is 0.792. The van der Waals surface area contributed by atoms with Gasteiger partial charge in [-0.2, -0.15) is 0 Å². The number of methoxy groups -OCH3 is 1. The Morgan fingerprint density at radius 3 is 2.83 bits per heavy atom. The Kier molecular flexibility index (Phi) is 4.86. The minimum atomic E-state index is -0.0976. The molecule has 2 amide bonds. The molecule has 1 aromatic rings. The summed E-state index contributed by atoms with van der Waals surface area (Å²) in [7, 11) is 1.70. The van der Waals surface area contributed by atoms with Gasteiger partial charge in [-0.1, -0.05) is 0 Å². The zero-order valence-corrected chi connectivity index (χ0v) is 14.5. The van der Waals surface area contributed by atoms with E-state index in [4.69, 9.17) is 4.74 Å². The summed E-state index contributed by atoms with van der Waals surface area (Å²) in [5, 5.41) is 2.74. The first-order valence-corrected chi connectivity index (χ1v) is 8.32. The number of ether oxygens (including phenoxy) is 1. The predicted octanol–water partition coefficient (Wildman–Crippen LogP) is -0.253. The first-order chi connectivity index (χ1) is 11.5. The molecule has 8 heteroatoms. The van der Waals surface area contributed by atoms with Crippen molar-refractivity contribution in [3.8, 4) is 0 Å². The number of likely N-dealkylation sites (tertiary alicyclic amines) is 1. The summed E-state index contributed by atoms with van der Waals surface area (Å²) >= 11 is 0. The van der Waals surface area contributed by atoms with E-state index in [1.807, 2.05) is 13.8 Å². The largest absolute Gasteiger partial charge is 0.380 e. The van der Waals surface area contributed by atoms with Gasteiger partial charge >= 0.3 is 0 Å². The van der Waals surface area contributed by atoms with Crippen molar-refractivity contribution in [3.05, 3.63) is 17.2 Å². The second kappa shape index (κ2) is 6.90. The van der Waals surface area contributed by atoms with Crippen molar-refractivity contribution in [3.63, 3.8) is 0 Å². The summed E-state index contributed by atoms with van der Waals surface area (Å²) in [6.07, 6.45) is 0.884. The van der Waals surface area contributed by atoms with Crippen molar-refractivity contribution < 1.29 is 14.3 Å². The number of rotatable bonds is 4. The van der Waals surface area contributed by atoms with Gasteiger partial charge in [0.05, 0.1) is 30.9 Å². The molecule has 2 aliphatic heterocycles. The second-order valence-electron chi connectivity index (χ2n) is 6.54. The number of carbonyl (C=O) groups excluding carboxylic acids is 2. The molecule has 1 aromatic heterocycles. The van der Waals surface area contributed by atoms with Crippen molar-refractivity contribution in [2.24, 2.45) is 0 Å². The van der Waals surface area contributed by atoms with Crippen LogP contribution in [0.3, 0.4) is 0 Å². The molecule has 24 heavy (non-hydrogen) atoms. The normalized spacial score (nSPS) is 25.1. The molecule has 0 aromatic carbocycles. The minimum absolute atomic E-state index is 0.0217. The van der Waals surface area contributed by atoms with Crippen LogP contribution in [0.4, 0.5) is 0 Å².